The van der Waals surface area contributed by atoms with Gasteiger partial charge in [0.15, 0.2) is 6.29 Å². The van der Waals surface area contributed by atoms with E-state index in [-0.39, 0.29) is 13.0 Å². The average Bonchev–Trinajstić information content (AvgIpc) is 2.98. The summed E-state index contributed by atoms with van der Waals surface area (Å²) < 4.78 is 20.7. The number of carbonyl (C=O) groups is 3. The summed E-state index contributed by atoms with van der Waals surface area (Å²) in [6, 6.07) is 0. The zero-order valence-electron chi connectivity index (χ0n) is 14.5. The summed E-state index contributed by atoms with van der Waals surface area (Å²) in [6.45, 7) is 3.51. The Morgan fingerprint density at radius 2 is 1.79 bits per heavy atom. The summed E-state index contributed by atoms with van der Waals surface area (Å²) >= 11 is 0. The van der Waals surface area contributed by atoms with Crippen LogP contribution in [0.2, 0.25) is 0 Å². The molecule has 24 heavy (non-hydrogen) atoms. The molecule has 0 amide bonds. The van der Waals surface area contributed by atoms with Crippen molar-refractivity contribution < 1.29 is 38.4 Å². The number of carboxylic acid groups (broad SMARTS) is 1. The van der Waals surface area contributed by atoms with Crippen molar-refractivity contribution in [1.82, 2.24) is 0 Å². The number of aliphatic carboxylic acids is 1. The van der Waals surface area contributed by atoms with Gasteiger partial charge in [-0.3, -0.25) is 14.4 Å². The second-order valence-corrected chi connectivity index (χ2v) is 6.81. The number of fused-ring (bicyclic) bond motifs is 1. The van der Waals surface area contributed by atoms with Crippen molar-refractivity contribution in [3.05, 3.63) is 0 Å². The van der Waals surface area contributed by atoms with Crippen LogP contribution in [0, 0.1) is 28.6 Å². The van der Waals surface area contributed by atoms with E-state index in [0.717, 1.165) is 0 Å². The van der Waals surface area contributed by atoms with E-state index in [1.165, 1.54) is 21.3 Å². The molecular formula is C16H24O8. The largest absolute Gasteiger partial charge is 0.481 e. The Bertz CT molecular complexity index is 546. The van der Waals surface area contributed by atoms with E-state index >= 15 is 0 Å². The normalized spacial score (nSPS) is 40.9. The number of hydrogen-bond donors (Lipinski definition) is 1. The van der Waals surface area contributed by atoms with Gasteiger partial charge < -0.3 is 24.1 Å². The Kier molecular flexibility index (Phi) is 4.92. The van der Waals surface area contributed by atoms with Crippen LogP contribution in [0.25, 0.3) is 0 Å². The molecule has 136 valence electrons. The molecule has 1 aliphatic heterocycles. The van der Waals surface area contributed by atoms with Gasteiger partial charge in [-0.2, -0.15) is 0 Å². The lowest BCUT2D eigenvalue weighted by molar-refractivity contribution is -0.173. The summed E-state index contributed by atoms with van der Waals surface area (Å²) in [5.41, 5.74) is -2.20. The van der Waals surface area contributed by atoms with Crippen LogP contribution in [0.3, 0.4) is 0 Å². The lowest BCUT2D eigenvalue weighted by Crippen LogP contribution is -2.49. The van der Waals surface area contributed by atoms with Crippen LogP contribution in [0.15, 0.2) is 0 Å². The van der Waals surface area contributed by atoms with Crippen LogP contribution in [0.4, 0.5) is 0 Å². The van der Waals surface area contributed by atoms with Gasteiger partial charge in [0.1, 0.15) is 0 Å². The van der Waals surface area contributed by atoms with Gasteiger partial charge in [0, 0.05) is 24.9 Å². The van der Waals surface area contributed by atoms with Crippen LogP contribution in [0.5, 0.6) is 0 Å². The first kappa shape index (κ1) is 18.7. The van der Waals surface area contributed by atoms with Crippen molar-refractivity contribution in [3.63, 3.8) is 0 Å². The first-order chi connectivity index (χ1) is 11.2. The van der Waals surface area contributed by atoms with Gasteiger partial charge in [0.2, 0.25) is 0 Å². The number of hydrogen-bond acceptors (Lipinski definition) is 7. The van der Waals surface area contributed by atoms with E-state index < -0.39 is 52.8 Å². The molecule has 0 aromatic rings. The highest BCUT2D eigenvalue weighted by atomic mass is 16.7. The molecule has 0 aromatic carbocycles. The topological polar surface area (TPSA) is 108 Å². The molecule has 1 heterocycles. The zero-order valence-corrected chi connectivity index (χ0v) is 14.5. The van der Waals surface area contributed by atoms with E-state index in [1.807, 2.05) is 0 Å². The molecule has 6 atom stereocenters. The number of carbonyl (C=O) groups excluding carboxylic acids is 2. The molecular weight excluding hydrogens is 320 g/mol. The van der Waals surface area contributed by atoms with Gasteiger partial charge in [-0.05, 0) is 12.8 Å². The Hall–Kier alpha value is -1.67. The second-order valence-electron chi connectivity index (χ2n) is 6.81. The molecule has 1 aliphatic carbocycles. The Morgan fingerprint density at radius 1 is 1.17 bits per heavy atom. The number of methoxy groups -OCH3 is 3. The number of rotatable bonds is 5. The average molecular weight is 344 g/mol. The second kappa shape index (κ2) is 6.33. The van der Waals surface area contributed by atoms with Crippen molar-refractivity contribution in [2.75, 3.05) is 27.9 Å². The maximum atomic E-state index is 12.6. The van der Waals surface area contributed by atoms with Crippen molar-refractivity contribution >= 4 is 17.9 Å². The summed E-state index contributed by atoms with van der Waals surface area (Å²) in [6.07, 6.45) is -0.832. The van der Waals surface area contributed by atoms with Crippen LogP contribution in [-0.2, 0) is 33.3 Å². The fraction of sp³-hybridized carbons (Fsp3) is 0.812. The van der Waals surface area contributed by atoms with E-state index in [4.69, 9.17) is 18.9 Å². The standard InChI is InChI=1S/C16H24O8/c1-15-7-24-13(22-4)11(15)8(6-9(17)21-3)10(12(18)19)16(15,2)14(20)23-5/h8,10-11,13H,6-7H2,1-5H3,(H,18,19)/t8-,10+,11-,13?,15+,16+/m1/s1. The first-order valence-electron chi connectivity index (χ1n) is 7.71. The zero-order chi connectivity index (χ0) is 18.3. The highest BCUT2D eigenvalue weighted by molar-refractivity contribution is 5.87. The molecule has 8 heteroatoms. The third-order valence-electron chi connectivity index (χ3n) is 6.01. The van der Waals surface area contributed by atoms with Crippen molar-refractivity contribution in [3.8, 4) is 0 Å². The fourth-order valence-corrected chi connectivity index (χ4v) is 4.65. The molecule has 2 fully saturated rings. The Morgan fingerprint density at radius 3 is 2.25 bits per heavy atom. The molecule has 0 radical (unpaired) electrons. The minimum absolute atomic E-state index is 0.135. The molecule has 1 N–H and O–H groups in total. The van der Waals surface area contributed by atoms with Gasteiger partial charge >= 0.3 is 17.9 Å². The lowest BCUT2D eigenvalue weighted by Gasteiger charge is -2.39. The lowest BCUT2D eigenvalue weighted by atomic mass is 9.63. The monoisotopic (exact) mass is 344 g/mol. The Labute approximate surface area is 140 Å². The van der Waals surface area contributed by atoms with Crippen LogP contribution >= 0.6 is 0 Å². The summed E-state index contributed by atoms with van der Waals surface area (Å²) in [7, 11) is 3.92. The van der Waals surface area contributed by atoms with Crippen LogP contribution < -0.4 is 0 Å². The number of carboxylic acids is 1. The molecule has 0 aromatic heterocycles. The predicted octanol–water partition coefficient (Wildman–Crippen LogP) is 0.685. The Balaban J connectivity index is 2.61. The molecule has 8 nitrogen and oxygen atoms in total. The maximum absolute atomic E-state index is 12.6. The third-order valence-corrected chi connectivity index (χ3v) is 6.01. The van der Waals surface area contributed by atoms with Crippen molar-refractivity contribution in [2.24, 2.45) is 28.6 Å². The summed E-state index contributed by atoms with van der Waals surface area (Å²) in [5, 5.41) is 9.84. The minimum Gasteiger partial charge on any atom is -0.481 e. The quantitative estimate of drug-likeness (QED) is 0.726. The van der Waals surface area contributed by atoms with Gasteiger partial charge in [0.05, 0.1) is 32.2 Å². The first-order valence-corrected chi connectivity index (χ1v) is 7.71. The van der Waals surface area contributed by atoms with E-state index in [2.05, 4.69) is 0 Å². The number of esters is 2. The van der Waals surface area contributed by atoms with Crippen molar-refractivity contribution in [2.45, 2.75) is 26.6 Å². The van der Waals surface area contributed by atoms with Crippen LogP contribution in [-0.4, -0.2) is 57.2 Å². The van der Waals surface area contributed by atoms with E-state index in [0.29, 0.717) is 0 Å². The van der Waals surface area contributed by atoms with Gasteiger partial charge in [-0.15, -0.1) is 0 Å². The molecule has 1 saturated heterocycles. The molecule has 1 saturated carbocycles. The van der Waals surface area contributed by atoms with E-state index in [1.54, 1.807) is 13.8 Å². The number of ether oxygens (including phenoxy) is 4. The molecule has 0 bridgehead atoms. The smallest absolute Gasteiger partial charge is 0.313 e. The molecule has 0 spiro atoms. The van der Waals surface area contributed by atoms with Gasteiger partial charge in [-0.1, -0.05) is 6.92 Å². The highest BCUT2D eigenvalue weighted by Crippen LogP contribution is 2.67. The van der Waals surface area contributed by atoms with Crippen LogP contribution in [0.1, 0.15) is 20.3 Å². The third kappa shape index (κ3) is 2.31. The molecule has 1 unspecified atom stereocenters. The van der Waals surface area contributed by atoms with Crippen molar-refractivity contribution in [1.29, 1.82) is 0 Å². The highest BCUT2D eigenvalue weighted by Gasteiger charge is 2.74. The van der Waals surface area contributed by atoms with Gasteiger partial charge in [-0.25, -0.2) is 0 Å². The minimum atomic E-state index is -1.36. The SMILES string of the molecule is COC(=O)C[C@@H]1[C@@H](C(=O)O)[C@@](C)(C(=O)OC)[C@@]2(C)COC(OC)[C@@H]12. The summed E-state index contributed by atoms with van der Waals surface area (Å²) in [4.78, 5) is 36.5. The van der Waals surface area contributed by atoms with E-state index in [9.17, 15) is 19.5 Å². The molecule has 2 aliphatic rings. The maximum Gasteiger partial charge on any atom is 0.313 e. The summed E-state index contributed by atoms with van der Waals surface area (Å²) in [5.74, 6) is -4.55. The predicted molar refractivity (Wildman–Crippen MR) is 79.7 cm³/mol. The molecule has 2 rings (SSSR count). The fourth-order valence-electron chi connectivity index (χ4n) is 4.65. The van der Waals surface area contributed by atoms with Gasteiger partial charge in [0.25, 0.3) is 0 Å².